The Morgan fingerprint density at radius 1 is 1.44 bits per heavy atom. The second-order valence-corrected chi connectivity index (χ2v) is 4.65. The topological polar surface area (TPSA) is 29.3 Å². The molecule has 16 heavy (non-hydrogen) atoms. The number of halogens is 1. The highest BCUT2D eigenvalue weighted by molar-refractivity contribution is 6.33. The van der Waals surface area contributed by atoms with Crippen molar-refractivity contribution in [1.29, 1.82) is 0 Å². The monoisotopic (exact) mass is 240 g/mol. The van der Waals surface area contributed by atoms with Gasteiger partial charge in [0.15, 0.2) is 0 Å². The SMILES string of the molecule is CCCC(C)N(C)c1ccc(CN)cc1Cl. The molecule has 1 rings (SSSR count). The standard InChI is InChI=1S/C13H21ClN2/c1-4-5-10(2)16(3)13-7-6-11(9-15)8-12(13)14/h6-8,10H,4-5,9,15H2,1-3H3. The summed E-state index contributed by atoms with van der Waals surface area (Å²) in [5, 5.41) is 0.786. The minimum Gasteiger partial charge on any atom is -0.371 e. The number of anilines is 1. The minimum atomic E-state index is 0.506. The maximum absolute atomic E-state index is 6.25. The fourth-order valence-corrected chi connectivity index (χ4v) is 2.15. The molecule has 3 heteroatoms. The first kappa shape index (κ1) is 13.3. The minimum absolute atomic E-state index is 0.506. The van der Waals surface area contributed by atoms with E-state index in [1.54, 1.807) is 0 Å². The zero-order chi connectivity index (χ0) is 12.1. The summed E-state index contributed by atoms with van der Waals surface area (Å²) in [7, 11) is 2.09. The molecule has 0 aromatic heterocycles. The molecule has 0 saturated carbocycles. The van der Waals surface area contributed by atoms with E-state index in [2.05, 4.69) is 31.9 Å². The van der Waals surface area contributed by atoms with Crippen molar-refractivity contribution in [3.05, 3.63) is 28.8 Å². The average molecular weight is 241 g/mol. The van der Waals surface area contributed by atoms with Gasteiger partial charge in [-0.1, -0.05) is 31.0 Å². The molecule has 0 saturated heterocycles. The van der Waals surface area contributed by atoms with Gasteiger partial charge in [0.1, 0.15) is 0 Å². The van der Waals surface area contributed by atoms with Crippen LogP contribution in [0, 0.1) is 0 Å². The quantitative estimate of drug-likeness (QED) is 0.855. The maximum atomic E-state index is 6.25. The third-order valence-corrected chi connectivity index (χ3v) is 3.30. The molecule has 0 amide bonds. The lowest BCUT2D eigenvalue weighted by atomic mass is 10.1. The molecule has 0 radical (unpaired) electrons. The Labute approximate surface area is 103 Å². The van der Waals surface area contributed by atoms with E-state index in [9.17, 15) is 0 Å². The fraction of sp³-hybridized carbons (Fsp3) is 0.538. The van der Waals surface area contributed by atoms with E-state index in [0.29, 0.717) is 12.6 Å². The number of nitrogens with zero attached hydrogens (tertiary/aromatic N) is 1. The van der Waals surface area contributed by atoms with Crippen molar-refractivity contribution in [3.63, 3.8) is 0 Å². The molecule has 0 spiro atoms. The highest BCUT2D eigenvalue weighted by Crippen LogP contribution is 2.28. The summed E-state index contributed by atoms with van der Waals surface area (Å²) in [6, 6.07) is 6.55. The normalized spacial score (nSPS) is 12.6. The summed E-state index contributed by atoms with van der Waals surface area (Å²) >= 11 is 6.25. The van der Waals surface area contributed by atoms with Gasteiger partial charge < -0.3 is 10.6 Å². The predicted molar refractivity (Wildman–Crippen MR) is 72.1 cm³/mol. The van der Waals surface area contributed by atoms with Gasteiger partial charge in [0.05, 0.1) is 10.7 Å². The van der Waals surface area contributed by atoms with Crippen molar-refractivity contribution in [2.75, 3.05) is 11.9 Å². The number of benzene rings is 1. The predicted octanol–water partition coefficient (Wildman–Crippen LogP) is 3.42. The van der Waals surface area contributed by atoms with Gasteiger partial charge in [0.2, 0.25) is 0 Å². The van der Waals surface area contributed by atoms with Crippen molar-refractivity contribution < 1.29 is 0 Å². The molecule has 2 nitrogen and oxygen atoms in total. The molecule has 1 aromatic carbocycles. The number of rotatable bonds is 5. The van der Waals surface area contributed by atoms with Gasteiger partial charge in [0.25, 0.3) is 0 Å². The molecular formula is C13H21ClN2. The summed E-state index contributed by atoms with van der Waals surface area (Å²) in [4.78, 5) is 2.23. The largest absolute Gasteiger partial charge is 0.371 e. The Kier molecular flexibility index (Phi) is 5.10. The lowest BCUT2D eigenvalue weighted by molar-refractivity contribution is 0.616. The van der Waals surface area contributed by atoms with E-state index in [-0.39, 0.29) is 0 Å². The Morgan fingerprint density at radius 3 is 2.62 bits per heavy atom. The van der Waals surface area contributed by atoms with Crippen LogP contribution < -0.4 is 10.6 Å². The molecule has 0 aliphatic rings. The molecule has 0 aliphatic heterocycles. The van der Waals surface area contributed by atoms with E-state index in [0.717, 1.165) is 16.3 Å². The summed E-state index contributed by atoms with van der Waals surface area (Å²) in [5.74, 6) is 0. The molecule has 0 heterocycles. The van der Waals surface area contributed by atoms with Crippen molar-refractivity contribution in [2.45, 2.75) is 39.3 Å². The molecule has 0 aliphatic carbocycles. The summed E-state index contributed by atoms with van der Waals surface area (Å²) < 4.78 is 0. The van der Waals surface area contributed by atoms with Crippen LogP contribution in [0.15, 0.2) is 18.2 Å². The summed E-state index contributed by atoms with van der Waals surface area (Å²) in [5.41, 5.74) is 7.74. The first-order valence-electron chi connectivity index (χ1n) is 5.81. The Balaban J connectivity index is 2.87. The van der Waals surface area contributed by atoms with Gasteiger partial charge in [-0.25, -0.2) is 0 Å². The first-order chi connectivity index (χ1) is 7.60. The van der Waals surface area contributed by atoms with Crippen LogP contribution in [0.2, 0.25) is 5.02 Å². The average Bonchev–Trinajstić information content (AvgIpc) is 2.28. The van der Waals surface area contributed by atoms with Gasteiger partial charge in [0, 0.05) is 19.6 Å². The molecule has 2 N–H and O–H groups in total. The number of nitrogens with two attached hydrogens (primary N) is 1. The lowest BCUT2D eigenvalue weighted by Crippen LogP contribution is -2.28. The van der Waals surface area contributed by atoms with Crippen LogP contribution in [-0.2, 0) is 6.54 Å². The Hall–Kier alpha value is -0.730. The van der Waals surface area contributed by atoms with Gasteiger partial charge in [-0.3, -0.25) is 0 Å². The number of hydrogen-bond donors (Lipinski definition) is 1. The summed E-state index contributed by atoms with van der Waals surface area (Å²) in [6.07, 6.45) is 2.36. The lowest BCUT2D eigenvalue weighted by Gasteiger charge is -2.27. The molecule has 1 aromatic rings. The van der Waals surface area contributed by atoms with E-state index >= 15 is 0 Å². The first-order valence-corrected chi connectivity index (χ1v) is 6.19. The van der Waals surface area contributed by atoms with Crippen molar-refractivity contribution in [1.82, 2.24) is 0 Å². The Bertz CT molecular complexity index is 339. The highest BCUT2D eigenvalue weighted by atomic mass is 35.5. The molecule has 1 atom stereocenters. The number of hydrogen-bond acceptors (Lipinski definition) is 2. The van der Waals surface area contributed by atoms with E-state index < -0.39 is 0 Å². The third-order valence-electron chi connectivity index (χ3n) is 3.00. The van der Waals surface area contributed by atoms with Crippen molar-refractivity contribution in [3.8, 4) is 0 Å². The fourth-order valence-electron chi connectivity index (χ4n) is 1.81. The van der Waals surface area contributed by atoms with Crippen molar-refractivity contribution >= 4 is 17.3 Å². The van der Waals surface area contributed by atoms with Gasteiger partial charge in [-0.05, 0) is 31.0 Å². The summed E-state index contributed by atoms with van der Waals surface area (Å²) in [6.45, 7) is 4.95. The van der Waals surface area contributed by atoms with Crippen molar-refractivity contribution in [2.24, 2.45) is 5.73 Å². The second kappa shape index (κ2) is 6.12. The highest BCUT2D eigenvalue weighted by Gasteiger charge is 2.12. The van der Waals surface area contributed by atoms with Crippen LogP contribution in [0.5, 0.6) is 0 Å². The zero-order valence-corrected chi connectivity index (χ0v) is 11.1. The molecular weight excluding hydrogens is 220 g/mol. The van der Waals surface area contributed by atoms with E-state index in [1.165, 1.54) is 12.8 Å². The van der Waals surface area contributed by atoms with Crippen LogP contribution in [0.3, 0.4) is 0 Å². The van der Waals surface area contributed by atoms with Gasteiger partial charge >= 0.3 is 0 Å². The van der Waals surface area contributed by atoms with Gasteiger partial charge in [-0.15, -0.1) is 0 Å². The molecule has 0 bridgehead atoms. The van der Waals surface area contributed by atoms with Crippen LogP contribution in [0.4, 0.5) is 5.69 Å². The molecule has 1 unspecified atom stereocenters. The van der Waals surface area contributed by atoms with E-state index in [1.807, 2.05) is 12.1 Å². The van der Waals surface area contributed by atoms with Crippen LogP contribution in [-0.4, -0.2) is 13.1 Å². The second-order valence-electron chi connectivity index (χ2n) is 4.24. The van der Waals surface area contributed by atoms with Crippen LogP contribution >= 0.6 is 11.6 Å². The third kappa shape index (κ3) is 3.13. The van der Waals surface area contributed by atoms with Crippen LogP contribution in [0.25, 0.3) is 0 Å². The van der Waals surface area contributed by atoms with Crippen LogP contribution in [0.1, 0.15) is 32.3 Å². The van der Waals surface area contributed by atoms with E-state index in [4.69, 9.17) is 17.3 Å². The molecule has 0 fully saturated rings. The molecule has 90 valence electrons. The maximum Gasteiger partial charge on any atom is 0.0642 e. The van der Waals surface area contributed by atoms with Gasteiger partial charge in [-0.2, -0.15) is 0 Å². The Morgan fingerprint density at radius 2 is 2.12 bits per heavy atom. The smallest absolute Gasteiger partial charge is 0.0642 e. The zero-order valence-electron chi connectivity index (χ0n) is 10.3.